The molecular formula is C43H49N. The highest BCUT2D eigenvalue weighted by molar-refractivity contribution is 5.79. The average molecular weight is 580 g/mol. The molecule has 1 atom stereocenters. The molecule has 0 bridgehead atoms. The Morgan fingerprint density at radius 1 is 0.523 bits per heavy atom. The van der Waals surface area contributed by atoms with Crippen molar-refractivity contribution in [1.82, 2.24) is 0 Å². The first-order valence-corrected chi connectivity index (χ1v) is 16.7. The molecule has 44 heavy (non-hydrogen) atoms. The Hall–Kier alpha value is -4.10. The number of nitrogens with zero attached hydrogens (tertiary/aromatic N) is 1. The predicted molar refractivity (Wildman–Crippen MR) is 193 cm³/mol. The van der Waals surface area contributed by atoms with Gasteiger partial charge in [0.1, 0.15) is 0 Å². The third-order valence-electron chi connectivity index (χ3n) is 9.09. The first kappa shape index (κ1) is 31.3. The maximum absolute atomic E-state index is 2.39. The first-order valence-electron chi connectivity index (χ1n) is 16.7. The average Bonchev–Trinajstić information content (AvgIpc) is 3.06. The molecule has 1 heteroatoms. The topological polar surface area (TPSA) is 3.24 Å². The highest BCUT2D eigenvalue weighted by Crippen LogP contribution is 2.37. The zero-order chi connectivity index (χ0) is 30.9. The van der Waals surface area contributed by atoms with Crippen molar-refractivity contribution in [3.05, 3.63) is 138 Å². The summed E-state index contributed by atoms with van der Waals surface area (Å²) in [6, 6.07) is 43.0. The molecule has 0 saturated carbocycles. The van der Waals surface area contributed by atoms with E-state index < -0.39 is 0 Å². The highest BCUT2D eigenvalue weighted by Gasteiger charge is 2.14. The lowest BCUT2D eigenvalue weighted by Crippen LogP contribution is -2.10. The molecule has 5 aromatic carbocycles. The Bertz CT molecular complexity index is 1590. The van der Waals surface area contributed by atoms with E-state index in [1.165, 1.54) is 88.0 Å². The Labute approximate surface area is 266 Å². The van der Waals surface area contributed by atoms with Gasteiger partial charge >= 0.3 is 0 Å². The van der Waals surface area contributed by atoms with Crippen molar-refractivity contribution >= 4 is 17.1 Å². The van der Waals surface area contributed by atoms with Gasteiger partial charge < -0.3 is 4.90 Å². The van der Waals surface area contributed by atoms with Crippen LogP contribution in [-0.4, -0.2) is 0 Å². The molecule has 0 aliphatic rings. The third-order valence-corrected chi connectivity index (χ3v) is 9.09. The van der Waals surface area contributed by atoms with Crippen LogP contribution in [0.4, 0.5) is 17.1 Å². The molecular weight excluding hydrogens is 530 g/mol. The van der Waals surface area contributed by atoms with Crippen molar-refractivity contribution < 1.29 is 0 Å². The number of hydrogen-bond donors (Lipinski definition) is 0. The van der Waals surface area contributed by atoms with Crippen LogP contribution in [0.3, 0.4) is 0 Å². The molecule has 0 aliphatic heterocycles. The normalized spacial score (nSPS) is 11.8. The van der Waals surface area contributed by atoms with E-state index >= 15 is 0 Å². The van der Waals surface area contributed by atoms with Crippen molar-refractivity contribution in [2.24, 2.45) is 0 Å². The van der Waals surface area contributed by atoms with Gasteiger partial charge in [0.15, 0.2) is 0 Å². The van der Waals surface area contributed by atoms with E-state index in [9.17, 15) is 0 Å². The molecule has 0 amide bonds. The van der Waals surface area contributed by atoms with Crippen molar-refractivity contribution in [3.63, 3.8) is 0 Å². The molecule has 5 rings (SSSR count). The molecule has 0 saturated heterocycles. The SMILES string of the molecule is CCCCCCCc1cc(C)ccc1-c1ccc(-c2ccc(N(c3ccc(C)cc3)c3ccc(C(C)CC)cc3)cc2)cc1. The molecule has 0 fully saturated rings. The van der Waals surface area contributed by atoms with E-state index in [1.54, 1.807) is 0 Å². The van der Waals surface area contributed by atoms with Crippen molar-refractivity contribution in [2.45, 2.75) is 85.5 Å². The number of anilines is 3. The van der Waals surface area contributed by atoms with Crippen LogP contribution in [0.15, 0.2) is 115 Å². The van der Waals surface area contributed by atoms with Gasteiger partial charge in [0.25, 0.3) is 0 Å². The maximum Gasteiger partial charge on any atom is 0.0462 e. The lowest BCUT2D eigenvalue weighted by Gasteiger charge is -2.26. The monoisotopic (exact) mass is 579 g/mol. The summed E-state index contributed by atoms with van der Waals surface area (Å²) in [5.74, 6) is 0.565. The Morgan fingerprint density at radius 2 is 1.02 bits per heavy atom. The van der Waals surface area contributed by atoms with E-state index in [0.717, 1.165) is 18.5 Å². The predicted octanol–water partition coefficient (Wildman–Crippen LogP) is 13.1. The molecule has 5 aromatic rings. The van der Waals surface area contributed by atoms with E-state index in [2.05, 4.69) is 155 Å². The smallest absolute Gasteiger partial charge is 0.0462 e. The molecule has 1 nitrogen and oxygen atoms in total. The van der Waals surface area contributed by atoms with Crippen LogP contribution in [0.5, 0.6) is 0 Å². The summed E-state index contributed by atoms with van der Waals surface area (Å²) in [7, 11) is 0. The Morgan fingerprint density at radius 3 is 1.61 bits per heavy atom. The van der Waals surface area contributed by atoms with Gasteiger partial charge in [-0.2, -0.15) is 0 Å². The summed E-state index contributed by atoms with van der Waals surface area (Å²) in [5, 5.41) is 0. The van der Waals surface area contributed by atoms with Crippen LogP contribution in [0.25, 0.3) is 22.3 Å². The van der Waals surface area contributed by atoms with Gasteiger partial charge in [-0.05, 0) is 109 Å². The molecule has 226 valence electrons. The first-order chi connectivity index (χ1) is 21.5. The van der Waals surface area contributed by atoms with Crippen LogP contribution in [0.1, 0.15) is 87.5 Å². The second-order valence-corrected chi connectivity index (χ2v) is 12.5. The quantitative estimate of drug-likeness (QED) is 0.125. The van der Waals surface area contributed by atoms with Crippen LogP contribution in [0, 0.1) is 13.8 Å². The van der Waals surface area contributed by atoms with Gasteiger partial charge in [-0.3, -0.25) is 0 Å². The van der Waals surface area contributed by atoms with Crippen molar-refractivity contribution in [2.75, 3.05) is 4.90 Å². The lowest BCUT2D eigenvalue weighted by molar-refractivity contribution is 0.632. The van der Waals surface area contributed by atoms with Gasteiger partial charge in [-0.15, -0.1) is 0 Å². The van der Waals surface area contributed by atoms with Gasteiger partial charge in [0, 0.05) is 17.1 Å². The second kappa shape index (κ2) is 15.1. The summed E-state index contributed by atoms with van der Waals surface area (Å²) in [6.07, 6.45) is 8.87. The standard InChI is InChI=1S/C43H49N/c1-6-8-9-10-11-12-39-31-33(4)15-30-43(39)38-18-16-36(17-19-38)37-22-28-42(29-23-37)44(40-24-13-32(3)14-25-40)41-26-20-35(21-27-41)34(5)7-2/h13-31,34H,6-12H2,1-5H3. The Balaban J connectivity index is 1.38. The minimum atomic E-state index is 0.565. The minimum Gasteiger partial charge on any atom is -0.311 e. The van der Waals surface area contributed by atoms with Crippen molar-refractivity contribution in [3.8, 4) is 22.3 Å². The van der Waals surface area contributed by atoms with E-state index in [0.29, 0.717) is 5.92 Å². The number of aryl methyl sites for hydroxylation is 3. The van der Waals surface area contributed by atoms with Crippen LogP contribution >= 0.6 is 0 Å². The molecule has 0 aliphatic carbocycles. The van der Waals surface area contributed by atoms with Crippen molar-refractivity contribution in [1.29, 1.82) is 0 Å². The zero-order valence-corrected chi connectivity index (χ0v) is 27.4. The van der Waals surface area contributed by atoms with E-state index in [-0.39, 0.29) is 0 Å². The number of hydrogen-bond acceptors (Lipinski definition) is 1. The fourth-order valence-corrected chi connectivity index (χ4v) is 6.10. The van der Waals surface area contributed by atoms with E-state index in [4.69, 9.17) is 0 Å². The van der Waals surface area contributed by atoms with Crippen LogP contribution in [0.2, 0.25) is 0 Å². The Kier molecular flexibility index (Phi) is 10.7. The van der Waals surface area contributed by atoms with Crippen LogP contribution in [-0.2, 0) is 6.42 Å². The second-order valence-electron chi connectivity index (χ2n) is 12.5. The molecule has 0 spiro atoms. The van der Waals surface area contributed by atoms with Gasteiger partial charge in [0.2, 0.25) is 0 Å². The van der Waals surface area contributed by atoms with Crippen LogP contribution < -0.4 is 4.90 Å². The number of unbranched alkanes of at least 4 members (excludes halogenated alkanes) is 4. The van der Waals surface area contributed by atoms with Gasteiger partial charge in [-0.1, -0.05) is 136 Å². The largest absolute Gasteiger partial charge is 0.311 e. The molecule has 0 aromatic heterocycles. The fraction of sp³-hybridized carbons (Fsp3) is 0.302. The van der Waals surface area contributed by atoms with E-state index in [1.807, 2.05) is 0 Å². The molecule has 0 heterocycles. The fourth-order valence-electron chi connectivity index (χ4n) is 6.10. The summed E-state index contributed by atoms with van der Waals surface area (Å²) in [6.45, 7) is 11.2. The highest BCUT2D eigenvalue weighted by atomic mass is 15.1. The van der Waals surface area contributed by atoms with Gasteiger partial charge in [-0.25, -0.2) is 0 Å². The summed E-state index contributed by atoms with van der Waals surface area (Å²) in [4.78, 5) is 2.36. The minimum absolute atomic E-state index is 0.565. The molecule has 0 radical (unpaired) electrons. The summed E-state index contributed by atoms with van der Waals surface area (Å²) in [5.41, 5.74) is 14.2. The zero-order valence-electron chi connectivity index (χ0n) is 27.4. The summed E-state index contributed by atoms with van der Waals surface area (Å²) < 4.78 is 0. The molecule has 1 unspecified atom stereocenters. The third kappa shape index (κ3) is 7.69. The number of benzene rings is 5. The summed E-state index contributed by atoms with van der Waals surface area (Å²) >= 11 is 0. The number of rotatable bonds is 13. The molecule has 0 N–H and O–H groups in total. The lowest BCUT2D eigenvalue weighted by atomic mass is 9.93. The maximum atomic E-state index is 2.39. The van der Waals surface area contributed by atoms with Gasteiger partial charge in [0.05, 0.1) is 0 Å².